The molecule has 0 saturated heterocycles. The molecule has 5 nitrogen and oxygen atoms in total. The molecule has 0 saturated carbocycles. The van der Waals surface area contributed by atoms with Crippen molar-refractivity contribution in [3.05, 3.63) is 23.8 Å². The van der Waals surface area contributed by atoms with Gasteiger partial charge in [-0.1, -0.05) is 13.0 Å². The largest absolute Gasteiger partial charge is 0.396 e. The molecule has 0 bridgehead atoms. The van der Waals surface area contributed by atoms with Gasteiger partial charge in [0.2, 0.25) is 0 Å². The molecule has 3 N–H and O–H groups in total. The van der Waals surface area contributed by atoms with Gasteiger partial charge >= 0.3 is 6.03 Å². The van der Waals surface area contributed by atoms with E-state index in [4.69, 9.17) is 5.11 Å². The van der Waals surface area contributed by atoms with Crippen LogP contribution in [-0.2, 0) is 6.42 Å². The van der Waals surface area contributed by atoms with Crippen LogP contribution in [0.4, 0.5) is 16.2 Å². The molecule has 20 heavy (non-hydrogen) atoms. The first-order chi connectivity index (χ1) is 9.63. The Balaban J connectivity index is 1.96. The number of amides is 2. The summed E-state index contributed by atoms with van der Waals surface area (Å²) in [5, 5.41) is 14.7. The quantitative estimate of drug-likeness (QED) is 0.771. The highest BCUT2D eigenvalue weighted by atomic mass is 16.3. The zero-order valence-corrected chi connectivity index (χ0v) is 12.1. The minimum Gasteiger partial charge on any atom is -0.396 e. The van der Waals surface area contributed by atoms with Crippen LogP contribution in [0, 0.1) is 0 Å². The standard InChI is InChI=1S/C15H23N3O2/c1-3-12(7-9-19)16-15(20)17-13-5-4-11-6-8-18(2)14(11)10-13/h4-5,10,12,19H,3,6-9H2,1-2H3,(H2,16,17,20). The van der Waals surface area contributed by atoms with Crippen molar-refractivity contribution in [1.29, 1.82) is 0 Å². The molecule has 2 rings (SSSR count). The summed E-state index contributed by atoms with van der Waals surface area (Å²) >= 11 is 0. The number of aliphatic hydroxyl groups is 1. The molecular weight excluding hydrogens is 254 g/mol. The maximum Gasteiger partial charge on any atom is 0.319 e. The normalized spacial score (nSPS) is 14.8. The minimum absolute atomic E-state index is 0.0112. The Bertz CT molecular complexity index is 476. The lowest BCUT2D eigenvalue weighted by Gasteiger charge is -2.17. The Morgan fingerprint density at radius 1 is 1.50 bits per heavy atom. The Labute approximate surface area is 120 Å². The fourth-order valence-electron chi connectivity index (χ4n) is 2.50. The fraction of sp³-hybridized carbons (Fsp3) is 0.533. The molecule has 1 heterocycles. The van der Waals surface area contributed by atoms with Crippen molar-refractivity contribution in [2.24, 2.45) is 0 Å². The SMILES string of the molecule is CCC(CCO)NC(=O)Nc1ccc2c(c1)N(C)CC2. The van der Waals surface area contributed by atoms with Gasteiger partial charge < -0.3 is 20.6 Å². The van der Waals surface area contributed by atoms with Crippen molar-refractivity contribution in [2.75, 3.05) is 30.4 Å². The molecule has 2 amide bonds. The molecule has 1 aromatic carbocycles. The fourth-order valence-corrected chi connectivity index (χ4v) is 2.50. The second-order valence-corrected chi connectivity index (χ2v) is 5.23. The Morgan fingerprint density at radius 3 is 3.00 bits per heavy atom. The summed E-state index contributed by atoms with van der Waals surface area (Å²) < 4.78 is 0. The number of benzene rings is 1. The summed E-state index contributed by atoms with van der Waals surface area (Å²) in [6.07, 6.45) is 2.45. The van der Waals surface area contributed by atoms with Gasteiger partial charge in [0.05, 0.1) is 0 Å². The lowest BCUT2D eigenvalue weighted by molar-refractivity contribution is 0.237. The average Bonchev–Trinajstić information content (AvgIpc) is 2.79. The second kappa shape index (κ2) is 6.61. The maximum absolute atomic E-state index is 11.9. The number of carbonyl (C=O) groups is 1. The van der Waals surface area contributed by atoms with Gasteiger partial charge in [-0.25, -0.2) is 4.79 Å². The second-order valence-electron chi connectivity index (χ2n) is 5.23. The summed E-state index contributed by atoms with van der Waals surface area (Å²) in [5.74, 6) is 0. The zero-order valence-electron chi connectivity index (χ0n) is 12.1. The topological polar surface area (TPSA) is 64.6 Å². The Morgan fingerprint density at radius 2 is 2.30 bits per heavy atom. The number of carbonyl (C=O) groups excluding carboxylic acids is 1. The summed E-state index contributed by atoms with van der Waals surface area (Å²) in [5.41, 5.74) is 3.31. The van der Waals surface area contributed by atoms with E-state index in [1.165, 1.54) is 11.3 Å². The number of urea groups is 1. The predicted octanol–water partition coefficient (Wildman–Crippen LogP) is 1.96. The van der Waals surface area contributed by atoms with E-state index >= 15 is 0 Å². The van der Waals surface area contributed by atoms with E-state index in [2.05, 4.69) is 28.6 Å². The van der Waals surface area contributed by atoms with Crippen LogP contribution >= 0.6 is 0 Å². The van der Waals surface area contributed by atoms with Gasteiger partial charge in [-0.3, -0.25) is 0 Å². The average molecular weight is 277 g/mol. The van der Waals surface area contributed by atoms with Crippen LogP contribution in [0.3, 0.4) is 0 Å². The molecule has 0 aromatic heterocycles. The highest BCUT2D eigenvalue weighted by Crippen LogP contribution is 2.29. The van der Waals surface area contributed by atoms with E-state index in [0.717, 1.165) is 25.1 Å². The summed E-state index contributed by atoms with van der Waals surface area (Å²) in [7, 11) is 2.06. The lowest BCUT2D eigenvalue weighted by atomic mass is 10.1. The summed E-state index contributed by atoms with van der Waals surface area (Å²) in [6, 6.07) is 5.81. The van der Waals surface area contributed by atoms with Crippen molar-refractivity contribution < 1.29 is 9.90 Å². The van der Waals surface area contributed by atoms with E-state index < -0.39 is 0 Å². The Hall–Kier alpha value is -1.75. The molecule has 1 atom stereocenters. The van der Waals surface area contributed by atoms with Crippen LogP contribution in [0.2, 0.25) is 0 Å². The van der Waals surface area contributed by atoms with Gasteiger partial charge in [-0.2, -0.15) is 0 Å². The molecule has 110 valence electrons. The van der Waals surface area contributed by atoms with E-state index in [1.54, 1.807) is 0 Å². The highest BCUT2D eigenvalue weighted by molar-refractivity contribution is 5.90. The summed E-state index contributed by atoms with van der Waals surface area (Å²) in [6.45, 7) is 3.10. The van der Waals surface area contributed by atoms with E-state index in [9.17, 15) is 4.79 Å². The monoisotopic (exact) mass is 277 g/mol. The smallest absolute Gasteiger partial charge is 0.319 e. The van der Waals surface area contributed by atoms with E-state index in [0.29, 0.717) is 6.42 Å². The van der Waals surface area contributed by atoms with Crippen LogP contribution < -0.4 is 15.5 Å². The van der Waals surface area contributed by atoms with Crippen molar-refractivity contribution >= 4 is 17.4 Å². The summed E-state index contributed by atoms with van der Waals surface area (Å²) in [4.78, 5) is 14.1. The molecule has 0 radical (unpaired) electrons. The highest BCUT2D eigenvalue weighted by Gasteiger charge is 2.16. The molecule has 1 unspecified atom stereocenters. The number of anilines is 2. The number of nitrogens with one attached hydrogen (secondary N) is 2. The first kappa shape index (κ1) is 14.7. The van der Waals surface area contributed by atoms with Crippen molar-refractivity contribution in [3.63, 3.8) is 0 Å². The van der Waals surface area contributed by atoms with Crippen LogP contribution in [0.1, 0.15) is 25.3 Å². The van der Waals surface area contributed by atoms with Gasteiger partial charge in [-0.05, 0) is 37.0 Å². The number of rotatable bonds is 5. The molecule has 1 aliphatic rings. The molecular formula is C15H23N3O2. The van der Waals surface area contributed by atoms with Crippen LogP contribution in [0.25, 0.3) is 0 Å². The van der Waals surface area contributed by atoms with Crippen molar-refractivity contribution in [3.8, 4) is 0 Å². The maximum atomic E-state index is 11.9. The first-order valence-corrected chi connectivity index (χ1v) is 7.16. The molecule has 0 fully saturated rings. The zero-order chi connectivity index (χ0) is 14.5. The van der Waals surface area contributed by atoms with Gasteiger partial charge in [0.1, 0.15) is 0 Å². The number of nitrogens with zero attached hydrogens (tertiary/aromatic N) is 1. The van der Waals surface area contributed by atoms with Crippen LogP contribution in [-0.4, -0.2) is 37.4 Å². The molecule has 5 heteroatoms. The van der Waals surface area contributed by atoms with Gasteiger partial charge in [0.25, 0.3) is 0 Å². The minimum atomic E-state index is -0.217. The Kier molecular flexibility index (Phi) is 4.84. The van der Waals surface area contributed by atoms with Crippen LogP contribution in [0.15, 0.2) is 18.2 Å². The van der Waals surface area contributed by atoms with Gasteiger partial charge in [0.15, 0.2) is 0 Å². The number of hydrogen-bond acceptors (Lipinski definition) is 3. The third-order valence-corrected chi connectivity index (χ3v) is 3.78. The molecule has 1 aliphatic heterocycles. The number of hydrogen-bond donors (Lipinski definition) is 3. The first-order valence-electron chi connectivity index (χ1n) is 7.16. The van der Waals surface area contributed by atoms with Crippen molar-refractivity contribution in [1.82, 2.24) is 5.32 Å². The van der Waals surface area contributed by atoms with Gasteiger partial charge in [0, 0.05) is 37.6 Å². The van der Waals surface area contributed by atoms with E-state index in [-0.39, 0.29) is 18.7 Å². The number of likely N-dealkylation sites (N-methyl/N-ethyl adjacent to an activating group) is 1. The lowest BCUT2D eigenvalue weighted by Crippen LogP contribution is -2.38. The van der Waals surface area contributed by atoms with Gasteiger partial charge in [-0.15, -0.1) is 0 Å². The third-order valence-electron chi connectivity index (χ3n) is 3.78. The van der Waals surface area contributed by atoms with Crippen LogP contribution in [0.5, 0.6) is 0 Å². The third kappa shape index (κ3) is 3.42. The van der Waals surface area contributed by atoms with E-state index in [1.807, 2.05) is 19.1 Å². The predicted molar refractivity (Wildman–Crippen MR) is 81.4 cm³/mol. The molecule has 0 aliphatic carbocycles. The molecule has 1 aromatic rings. The molecule has 0 spiro atoms. The number of aliphatic hydroxyl groups excluding tert-OH is 1. The number of fused-ring (bicyclic) bond motifs is 1. The van der Waals surface area contributed by atoms with Crippen molar-refractivity contribution in [2.45, 2.75) is 32.2 Å².